The topological polar surface area (TPSA) is 205 Å². The van der Waals surface area contributed by atoms with Crippen molar-refractivity contribution < 1.29 is 143 Å². The molecule has 4 amide bonds. The smallest absolute Gasteiger partial charge is 1.00 e. The molecule has 8 heterocycles. The number of anilines is 4. The molecule has 74 heavy (non-hydrogen) atoms. The van der Waals surface area contributed by atoms with Crippen molar-refractivity contribution in [2.75, 3.05) is 74.1 Å². The van der Waals surface area contributed by atoms with Gasteiger partial charge in [-0.05, 0) is 124 Å². The molecule has 16 nitrogen and oxygen atoms in total. The molecule has 22 heteroatoms. The van der Waals surface area contributed by atoms with Gasteiger partial charge in [0, 0.05) is 125 Å². The van der Waals surface area contributed by atoms with Crippen LogP contribution in [0.4, 0.5) is 22.7 Å². The van der Waals surface area contributed by atoms with Crippen molar-refractivity contribution in [3.63, 3.8) is 0 Å². The summed E-state index contributed by atoms with van der Waals surface area (Å²) in [6.45, 7) is 8.00. The summed E-state index contributed by atoms with van der Waals surface area (Å²) in [6, 6.07) is 27.0. The van der Waals surface area contributed by atoms with Gasteiger partial charge in [-0.3, -0.25) is 39.1 Å². The van der Waals surface area contributed by atoms with Gasteiger partial charge in [0.2, 0.25) is 0 Å². The van der Waals surface area contributed by atoms with Crippen molar-refractivity contribution >= 4 is 46.4 Å². The van der Waals surface area contributed by atoms with Crippen molar-refractivity contribution in [2.24, 2.45) is 0 Å². The fraction of sp³-hybridized carbons (Fsp3) is 0.308. The molecule has 4 fully saturated rings. The largest absolute Gasteiger partial charge is 2.00 e. The fourth-order valence-electron chi connectivity index (χ4n) is 6.23. The normalized spacial score (nSPS) is 13.0. The summed E-state index contributed by atoms with van der Waals surface area (Å²) < 4.78 is 19.8. The Labute approximate surface area is 499 Å². The van der Waals surface area contributed by atoms with E-state index in [1.165, 1.54) is 51.4 Å². The number of hydrogen-bond acceptors (Lipinski definition) is 12. The second-order valence-electron chi connectivity index (χ2n) is 15.1. The summed E-state index contributed by atoms with van der Waals surface area (Å²) in [7, 11) is 0. The maximum atomic E-state index is 12.3. The van der Waals surface area contributed by atoms with Crippen LogP contribution in [0.3, 0.4) is 0 Å². The average molecular weight is 1470 g/mol. The molecule has 4 aliphatic rings. The third kappa shape index (κ3) is 29.2. The Morgan fingerprint density at radius 1 is 0.297 bits per heavy atom. The molecule has 4 aromatic heterocycles. The number of para-hydroxylation sites is 4. The Morgan fingerprint density at radius 2 is 0.459 bits per heavy atom. The van der Waals surface area contributed by atoms with Gasteiger partial charge < -0.3 is 89.8 Å². The average Bonchev–Trinajstić information content (AvgIpc) is 4.28. The quantitative estimate of drug-likeness (QED) is 0.114. The van der Waals surface area contributed by atoms with Gasteiger partial charge in [0.15, 0.2) is 0 Å². The van der Waals surface area contributed by atoms with Crippen LogP contribution in [0.15, 0.2) is 147 Å². The minimum Gasteiger partial charge on any atom is -1.00 e. The van der Waals surface area contributed by atoms with Crippen LogP contribution in [0, 0.1) is 0 Å². The summed E-state index contributed by atoms with van der Waals surface area (Å²) in [5.74, 6) is -1.10. The van der Waals surface area contributed by atoms with Gasteiger partial charge in [-0.2, -0.15) is 0 Å². The van der Waals surface area contributed by atoms with Gasteiger partial charge in [-0.25, -0.2) is 0 Å². The van der Waals surface area contributed by atoms with Gasteiger partial charge >= 0.3 is 55.3 Å². The van der Waals surface area contributed by atoms with E-state index < -0.39 is 0 Å². The summed E-state index contributed by atoms with van der Waals surface area (Å²) in [5.41, 5.74) is 4.01. The molecule has 10 rings (SSSR count). The molecule has 0 spiro atoms. The Morgan fingerprint density at radius 3 is 0.595 bits per heavy atom. The first-order chi connectivity index (χ1) is 33.5. The van der Waals surface area contributed by atoms with Gasteiger partial charge in [-0.1, -0.05) is 24.3 Å². The van der Waals surface area contributed by atoms with Gasteiger partial charge in [0.25, 0.3) is 23.6 Å². The molecule has 2 aromatic carbocycles. The number of hydrogen-bond donors (Lipinski definition) is 4. The predicted molar refractivity (Wildman–Crippen MR) is 262 cm³/mol. The molecule has 0 aliphatic carbocycles. The van der Waals surface area contributed by atoms with Gasteiger partial charge in [0.05, 0.1) is 22.7 Å². The molecular formula is C52H60Cl4Hg2N8O8. The summed E-state index contributed by atoms with van der Waals surface area (Å²) in [6.07, 6.45) is 22.6. The number of amides is 4. The molecule has 4 aliphatic heterocycles. The number of rotatable bonds is 8. The SMILES string of the molecule is C1CCOC1.C1CCOC1.C1CCOC1.C1CCOC1.O=C(Nc1ccccc1NC(=O)c1ccncc1)c1ccncc1.O=C(Nc1ccccc1NC(=O)c1ccncc1)c1ccncc1.[Cl-].[Cl-].[Cl-].[Cl-].[Hg+2].[Hg+2]. The molecule has 0 bridgehead atoms. The van der Waals surface area contributed by atoms with Gasteiger partial charge in [-0.15, -0.1) is 0 Å². The van der Waals surface area contributed by atoms with Crippen molar-refractivity contribution in [2.45, 2.75) is 51.4 Å². The third-order valence-electron chi connectivity index (χ3n) is 9.93. The molecule has 4 saturated heterocycles. The first kappa shape index (κ1) is 71.9. The number of ether oxygens (including phenoxy) is 4. The van der Waals surface area contributed by atoms with E-state index >= 15 is 0 Å². The molecule has 0 unspecified atom stereocenters. The Bertz CT molecular complexity index is 2020. The summed E-state index contributed by atoms with van der Waals surface area (Å²) >= 11 is 0. The summed E-state index contributed by atoms with van der Waals surface area (Å²) in [5, 5.41) is 11.2. The van der Waals surface area contributed by atoms with Crippen LogP contribution < -0.4 is 70.9 Å². The van der Waals surface area contributed by atoms with Crippen LogP contribution in [0.2, 0.25) is 0 Å². The van der Waals surface area contributed by atoms with Crippen LogP contribution in [-0.2, 0) is 74.3 Å². The van der Waals surface area contributed by atoms with E-state index in [0.29, 0.717) is 45.0 Å². The number of nitrogens with one attached hydrogen (secondary N) is 4. The van der Waals surface area contributed by atoms with Crippen molar-refractivity contribution in [3.05, 3.63) is 169 Å². The number of nitrogens with zero attached hydrogens (tertiary/aromatic N) is 4. The molecule has 6 aromatic rings. The Hall–Kier alpha value is -4.21. The van der Waals surface area contributed by atoms with Crippen molar-refractivity contribution in [1.82, 2.24) is 19.9 Å². The monoisotopic (exact) mass is 1470 g/mol. The van der Waals surface area contributed by atoms with Crippen LogP contribution in [0.25, 0.3) is 0 Å². The minimum absolute atomic E-state index is 0. The van der Waals surface area contributed by atoms with E-state index in [1.54, 1.807) is 147 Å². The molecule has 0 saturated carbocycles. The van der Waals surface area contributed by atoms with Crippen LogP contribution in [0.5, 0.6) is 0 Å². The number of halogens is 4. The first-order valence-corrected chi connectivity index (χ1v) is 22.8. The molecular weight excluding hydrogens is 1410 g/mol. The van der Waals surface area contributed by atoms with Crippen molar-refractivity contribution in [1.29, 1.82) is 0 Å². The number of carbonyl (C=O) groups is 4. The number of pyridine rings is 4. The van der Waals surface area contributed by atoms with E-state index in [1.807, 2.05) is 0 Å². The van der Waals surface area contributed by atoms with Crippen LogP contribution >= 0.6 is 0 Å². The fourth-order valence-corrected chi connectivity index (χ4v) is 6.23. The maximum Gasteiger partial charge on any atom is 2.00 e. The van der Waals surface area contributed by atoms with E-state index in [-0.39, 0.29) is 129 Å². The molecule has 4 N–H and O–H groups in total. The van der Waals surface area contributed by atoms with E-state index in [2.05, 4.69) is 41.2 Å². The molecule has 0 atom stereocenters. The Balaban J connectivity index is 0. The Kier molecular flexibility index (Phi) is 43.7. The second kappa shape index (κ2) is 45.0. The zero-order valence-electron chi connectivity index (χ0n) is 41.2. The number of benzene rings is 2. The predicted octanol–water partition coefficient (Wildman–Crippen LogP) is -2.84. The third-order valence-corrected chi connectivity index (χ3v) is 9.93. The van der Waals surface area contributed by atoms with Crippen LogP contribution in [0.1, 0.15) is 92.8 Å². The van der Waals surface area contributed by atoms with E-state index in [9.17, 15) is 19.2 Å². The van der Waals surface area contributed by atoms with Crippen LogP contribution in [-0.4, -0.2) is 96.4 Å². The zero-order valence-corrected chi connectivity index (χ0v) is 55.2. The first-order valence-electron chi connectivity index (χ1n) is 22.8. The van der Waals surface area contributed by atoms with E-state index in [4.69, 9.17) is 18.9 Å². The number of carbonyl (C=O) groups excluding carboxylic acids is 4. The van der Waals surface area contributed by atoms with Gasteiger partial charge in [0.1, 0.15) is 0 Å². The minimum atomic E-state index is -0.275. The maximum absolute atomic E-state index is 12.3. The zero-order chi connectivity index (χ0) is 47.7. The summed E-state index contributed by atoms with van der Waals surface area (Å²) in [4.78, 5) is 64.6. The standard InChI is InChI=1S/2C18H14N4O2.4C4H8O.4ClH.2Hg/c2*23-17(13-5-9-19-10-6-13)21-15-3-1-2-4-16(15)22-18(24)14-7-11-20-12-8-14;4*1-2-4-5-3-1;;;;;;/h2*1-12H,(H,21,23)(H,22,24);4*1-4H2;4*1H;;/q;;;;;;;;;;2*+2/p-4. The molecule has 0 radical (unpaired) electrons. The second-order valence-corrected chi connectivity index (χ2v) is 15.1. The number of aromatic nitrogens is 4. The van der Waals surface area contributed by atoms with E-state index in [0.717, 1.165) is 52.9 Å². The molecule has 388 valence electrons. The van der Waals surface area contributed by atoms with Crippen molar-refractivity contribution in [3.8, 4) is 0 Å².